The van der Waals surface area contributed by atoms with E-state index in [1.54, 1.807) is 0 Å². The summed E-state index contributed by atoms with van der Waals surface area (Å²) in [4.78, 5) is 14.0. The van der Waals surface area contributed by atoms with Gasteiger partial charge in [0, 0.05) is 19.0 Å². The Hall–Kier alpha value is -0.530. The highest BCUT2D eigenvalue weighted by Crippen LogP contribution is 2.32. The van der Waals surface area contributed by atoms with Crippen LogP contribution in [0.4, 0.5) is 0 Å². The second kappa shape index (κ2) is 5.00. The van der Waals surface area contributed by atoms with E-state index in [0.29, 0.717) is 11.9 Å². The van der Waals surface area contributed by atoms with E-state index >= 15 is 0 Å². The summed E-state index contributed by atoms with van der Waals surface area (Å²) in [5.74, 6) is 0.370. The van der Waals surface area contributed by atoms with Crippen molar-refractivity contribution in [3.63, 3.8) is 0 Å². The average Bonchev–Trinajstić information content (AvgIpc) is 2.14. The van der Waals surface area contributed by atoms with Crippen LogP contribution in [-0.4, -0.2) is 23.4 Å². The van der Waals surface area contributed by atoms with E-state index in [1.165, 1.54) is 12.8 Å². The largest absolute Gasteiger partial charge is 0.339 e. The summed E-state index contributed by atoms with van der Waals surface area (Å²) in [5, 5.41) is 0. The van der Waals surface area contributed by atoms with E-state index in [9.17, 15) is 4.79 Å². The second-order valence-corrected chi connectivity index (χ2v) is 5.71. The van der Waals surface area contributed by atoms with Crippen molar-refractivity contribution in [3.05, 3.63) is 0 Å². The summed E-state index contributed by atoms with van der Waals surface area (Å²) < 4.78 is 0. The van der Waals surface area contributed by atoms with Gasteiger partial charge in [0.05, 0.1) is 0 Å². The monoisotopic (exact) mass is 211 g/mol. The molecular formula is C13H25NO. The number of nitrogens with zero attached hydrogens (tertiary/aromatic N) is 1. The first-order valence-corrected chi connectivity index (χ1v) is 6.26. The van der Waals surface area contributed by atoms with Gasteiger partial charge in [0.1, 0.15) is 0 Å². The lowest BCUT2D eigenvalue weighted by Crippen LogP contribution is -2.50. The van der Waals surface area contributed by atoms with E-state index in [1.807, 2.05) is 0 Å². The van der Waals surface area contributed by atoms with E-state index in [2.05, 4.69) is 32.6 Å². The van der Waals surface area contributed by atoms with Crippen molar-refractivity contribution in [2.24, 2.45) is 5.41 Å². The Morgan fingerprint density at radius 2 is 2.07 bits per heavy atom. The van der Waals surface area contributed by atoms with Crippen molar-refractivity contribution < 1.29 is 4.79 Å². The lowest BCUT2D eigenvalue weighted by Gasteiger charge is -2.43. The molecule has 0 N–H and O–H groups in total. The molecule has 1 aliphatic heterocycles. The number of likely N-dealkylation sites (tertiary alicyclic amines) is 1. The quantitative estimate of drug-likeness (QED) is 0.702. The predicted molar refractivity (Wildman–Crippen MR) is 63.7 cm³/mol. The zero-order valence-electron chi connectivity index (χ0n) is 10.7. The molecule has 2 nitrogen and oxygen atoms in total. The number of rotatable bonds is 3. The molecule has 1 aliphatic rings. The molecule has 1 rings (SSSR count). The molecule has 1 saturated heterocycles. The molecule has 1 unspecified atom stereocenters. The number of carbonyl (C=O) groups is 1. The smallest absolute Gasteiger partial charge is 0.222 e. The van der Waals surface area contributed by atoms with Crippen molar-refractivity contribution in [2.75, 3.05) is 6.54 Å². The van der Waals surface area contributed by atoms with Crippen LogP contribution in [0.15, 0.2) is 0 Å². The lowest BCUT2D eigenvalue weighted by atomic mass is 9.80. The van der Waals surface area contributed by atoms with Crippen LogP contribution >= 0.6 is 0 Å². The van der Waals surface area contributed by atoms with Crippen LogP contribution in [0.2, 0.25) is 0 Å². The molecular weight excluding hydrogens is 186 g/mol. The molecule has 1 heterocycles. The van der Waals surface area contributed by atoms with Gasteiger partial charge in [0.15, 0.2) is 0 Å². The molecule has 0 spiro atoms. The van der Waals surface area contributed by atoms with Gasteiger partial charge in [-0.15, -0.1) is 0 Å². The highest BCUT2D eigenvalue weighted by Gasteiger charge is 2.35. The molecule has 0 saturated carbocycles. The molecule has 15 heavy (non-hydrogen) atoms. The Morgan fingerprint density at radius 1 is 1.40 bits per heavy atom. The van der Waals surface area contributed by atoms with Gasteiger partial charge < -0.3 is 4.90 Å². The molecule has 0 aliphatic carbocycles. The molecule has 0 aromatic heterocycles. The van der Waals surface area contributed by atoms with Gasteiger partial charge in [-0.1, -0.05) is 34.1 Å². The van der Waals surface area contributed by atoms with Crippen molar-refractivity contribution in [2.45, 2.75) is 65.8 Å². The third kappa shape index (κ3) is 3.22. The minimum absolute atomic E-state index is 0.226. The van der Waals surface area contributed by atoms with Crippen molar-refractivity contribution in [1.82, 2.24) is 4.90 Å². The van der Waals surface area contributed by atoms with Crippen LogP contribution in [0.25, 0.3) is 0 Å². The molecule has 88 valence electrons. The minimum Gasteiger partial charge on any atom is -0.339 e. The normalized spacial score (nSPS) is 23.3. The SMILES string of the molecule is CCCCN1C(=O)CCCC1C(C)(C)C. The zero-order valence-corrected chi connectivity index (χ0v) is 10.7. The molecule has 1 atom stereocenters. The third-order valence-electron chi connectivity index (χ3n) is 3.32. The van der Waals surface area contributed by atoms with Crippen LogP contribution in [0, 0.1) is 5.41 Å². The molecule has 2 heteroatoms. The Labute approximate surface area is 94.0 Å². The van der Waals surface area contributed by atoms with Crippen LogP contribution in [0.1, 0.15) is 59.8 Å². The molecule has 0 bridgehead atoms. The Bertz CT molecular complexity index is 217. The summed E-state index contributed by atoms with van der Waals surface area (Å²) >= 11 is 0. The fourth-order valence-electron chi connectivity index (χ4n) is 2.43. The third-order valence-corrected chi connectivity index (χ3v) is 3.32. The number of carbonyl (C=O) groups excluding carboxylic acids is 1. The van der Waals surface area contributed by atoms with Gasteiger partial charge in [-0.3, -0.25) is 4.79 Å². The number of piperidine rings is 1. The first-order valence-electron chi connectivity index (χ1n) is 6.26. The first-order chi connectivity index (χ1) is 6.96. The van der Waals surface area contributed by atoms with Crippen molar-refractivity contribution >= 4 is 5.91 Å². The number of unbranched alkanes of at least 4 members (excludes halogenated alkanes) is 1. The van der Waals surface area contributed by atoms with E-state index in [0.717, 1.165) is 25.8 Å². The van der Waals surface area contributed by atoms with Crippen LogP contribution in [-0.2, 0) is 4.79 Å². The van der Waals surface area contributed by atoms with Gasteiger partial charge in [0.25, 0.3) is 0 Å². The predicted octanol–water partition coefficient (Wildman–Crippen LogP) is 3.21. The highest BCUT2D eigenvalue weighted by atomic mass is 16.2. The zero-order chi connectivity index (χ0) is 11.5. The maximum absolute atomic E-state index is 11.9. The summed E-state index contributed by atoms with van der Waals surface area (Å²) in [6.07, 6.45) is 5.32. The fourth-order valence-corrected chi connectivity index (χ4v) is 2.43. The lowest BCUT2D eigenvalue weighted by molar-refractivity contribution is -0.139. The summed E-state index contributed by atoms with van der Waals surface area (Å²) in [6.45, 7) is 9.87. The van der Waals surface area contributed by atoms with Crippen LogP contribution in [0.5, 0.6) is 0 Å². The van der Waals surface area contributed by atoms with E-state index in [4.69, 9.17) is 0 Å². The number of amides is 1. The van der Waals surface area contributed by atoms with Crippen LogP contribution < -0.4 is 0 Å². The summed E-state index contributed by atoms with van der Waals surface area (Å²) in [7, 11) is 0. The summed E-state index contributed by atoms with van der Waals surface area (Å²) in [5.41, 5.74) is 0.226. The molecule has 1 fully saturated rings. The topological polar surface area (TPSA) is 20.3 Å². The van der Waals surface area contributed by atoms with E-state index in [-0.39, 0.29) is 5.41 Å². The van der Waals surface area contributed by atoms with Gasteiger partial charge in [-0.25, -0.2) is 0 Å². The standard InChI is InChI=1S/C13H25NO/c1-5-6-10-14-11(13(2,3)4)8-7-9-12(14)15/h11H,5-10H2,1-4H3. The van der Waals surface area contributed by atoms with Gasteiger partial charge >= 0.3 is 0 Å². The maximum Gasteiger partial charge on any atom is 0.222 e. The van der Waals surface area contributed by atoms with Crippen LogP contribution in [0.3, 0.4) is 0 Å². The Balaban J connectivity index is 2.69. The minimum atomic E-state index is 0.226. The van der Waals surface area contributed by atoms with Crippen molar-refractivity contribution in [1.29, 1.82) is 0 Å². The fraction of sp³-hybridized carbons (Fsp3) is 0.923. The van der Waals surface area contributed by atoms with Gasteiger partial charge in [-0.2, -0.15) is 0 Å². The van der Waals surface area contributed by atoms with E-state index < -0.39 is 0 Å². The van der Waals surface area contributed by atoms with Gasteiger partial charge in [-0.05, 0) is 24.7 Å². The number of hydrogen-bond acceptors (Lipinski definition) is 1. The first kappa shape index (κ1) is 12.5. The second-order valence-electron chi connectivity index (χ2n) is 5.71. The molecule has 1 amide bonds. The molecule has 0 radical (unpaired) electrons. The maximum atomic E-state index is 11.9. The summed E-state index contributed by atoms with van der Waals surface area (Å²) in [6, 6.07) is 0.449. The van der Waals surface area contributed by atoms with Gasteiger partial charge in [0.2, 0.25) is 5.91 Å². The van der Waals surface area contributed by atoms with Crippen molar-refractivity contribution in [3.8, 4) is 0 Å². The molecule has 0 aromatic carbocycles. The number of hydrogen-bond donors (Lipinski definition) is 0. The Kier molecular flexibility index (Phi) is 4.18. The average molecular weight is 211 g/mol. The Morgan fingerprint density at radius 3 is 2.60 bits per heavy atom. The highest BCUT2D eigenvalue weighted by molar-refractivity contribution is 5.77. The molecule has 0 aromatic rings.